The van der Waals surface area contributed by atoms with Crippen molar-refractivity contribution in [2.75, 3.05) is 0 Å². The maximum absolute atomic E-state index is 10.5. The fourth-order valence-corrected chi connectivity index (χ4v) is 1.47. The summed E-state index contributed by atoms with van der Waals surface area (Å²) in [5.41, 5.74) is 2.01. The Labute approximate surface area is 88.5 Å². The van der Waals surface area contributed by atoms with Crippen molar-refractivity contribution >= 4 is 17.6 Å². The summed E-state index contributed by atoms with van der Waals surface area (Å²) in [5.74, 6) is -0.742. The molecule has 0 saturated heterocycles. The Hall–Kier alpha value is -1.02. The number of carboxylic acid groups (broad SMARTS) is 1. The van der Waals surface area contributed by atoms with Crippen LogP contribution in [-0.2, 0) is 4.79 Å². The molecule has 0 aliphatic rings. The first kappa shape index (κ1) is 11.1. The molecule has 0 radical (unpaired) electrons. The predicted octanol–water partition coefficient (Wildman–Crippen LogP) is 3.23. The zero-order valence-electron chi connectivity index (χ0n) is 8.25. The standard InChI is InChI=1S/C11H13ClO2/c1-7(6-11(13)14)9-3-4-10(12)8(2)5-9/h3-5,7H,6H2,1-2H3,(H,13,14). The van der Waals surface area contributed by atoms with Crippen LogP contribution in [0.4, 0.5) is 0 Å². The van der Waals surface area contributed by atoms with E-state index in [1.54, 1.807) is 0 Å². The third-order valence-electron chi connectivity index (χ3n) is 2.23. The fourth-order valence-electron chi connectivity index (χ4n) is 1.35. The monoisotopic (exact) mass is 212 g/mol. The minimum Gasteiger partial charge on any atom is -0.481 e. The predicted molar refractivity (Wildman–Crippen MR) is 56.9 cm³/mol. The molecule has 1 aromatic rings. The largest absolute Gasteiger partial charge is 0.481 e. The van der Waals surface area contributed by atoms with E-state index in [1.165, 1.54) is 0 Å². The molecule has 1 atom stereocenters. The van der Waals surface area contributed by atoms with Crippen molar-refractivity contribution in [1.29, 1.82) is 0 Å². The van der Waals surface area contributed by atoms with Gasteiger partial charge >= 0.3 is 5.97 Å². The Morgan fingerprint density at radius 3 is 2.71 bits per heavy atom. The molecule has 76 valence electrons. The molecule has 0 saturated carbocycles. The highest BCUT2D eigenvalue weighted by Gasteiger charge is 2.10. The van der Waals surface area contributed by atoms with Gasteiger partial charge in [0, 0.05) is 5.02 Å². The van der Waals surface area contributed by atoms with E-state index in [1.807, 2.05) is 32.0 Å². The molecule has 1 aromatic carbocycles. The van der Waals surface area contributed by atoms with E-state index in [-0.39, 0.29) is 12.3 Å². The van der Waals surface area contributed by atoms with E-state index in [0.29, 0.717) is 0 Å². The van der Waals surface area contributed by atoms with Gasteiger partial charge in [0.15, 0.2) is 0 Å². The number of aryl methyl sites for hydroxylation is 1. The fraction of sp³-hybridized carbons (Fsp3) is 0.364. The topological polar surface area (TPSA) is 37.3 Å². The molecule has 0 aliphatic heterocycles. The molecule has 3 heteroatoms. The van der Waals surface area contributed by atoms with Crippen LogP contribution < -0.4 is 0 Å². The molecule has 0 heterocycles. The van der Waals surface area contributed by atoms with Gasteiger partial charge < -0.3 is 5.11 Å². The summed E-state index contributed by atoms with van der Waals surface area (Å²) < 4.78 is 0. The molecule has 2 nitrogen and oxygen atoms in total. The number of carbonyl (C=O) groups is 1. The van der Waals surface area contributed by atoms with Crippen LogP contribution in [0, 0.1) is 6.92 Å². The van der Waals surface area contributed by atoms with Crippen LogP contribution >= 0.6 is 11.6 Å². The van der Waals surface area contributed by atoms with Gasteiger partial charge in [-0.15, -0.1) is 0 Å². The SMILES string of the molecule is Cc1cc(C(C)CC(=O)O)ccc1Cl. The van der Waals surface area contributed by atoms with Crippen molar-refractivity contribution in [3.63, 3.8) is 0 Å². The number of carboxylic acids is 1. The summed E-state index contributed by atoms with van der Waals surface area (Å²) in [6, 6.07) is 5.63. The van der Waals surface area contributed by atoms with E-state index in [4.69, 9.17) is 16.7 Å². The summed E-state index contributed by atoms with van der Waals surface area (Å²) in [4.78, 5) is 10.5. The van der Waals surface area contributed by atoms with E-state index < -0.39 is 5.97 Å². The molecule has 0 amide bonds. The minimum absolute atomic E-state index is 0.0310. The molecule has 14 heavy (non-hydrogen) atoms. The van der Waals surface area contributed by atoms with Crippen molar-refractivity contribution in [2.24, 2.45) is 0 Å². The smallest absolute Gasteiger partial charge is 0.303 e. The average Bonchev–Trinajstić information content (AvgIpc) is 2.08. The zero-order chi connectivity index (χ0) is 10.7. The van der Waals surface area contributed by atoms with Crippen molar-refractivity contribution in [3.05, 3.63) is 34.3 Å². The Morgan fingerprint density at radius 1 is 1.57 bits per heavy atom. The van der Waals surface area contributed by atoms with Crippen molar-refractivity contribution in [1.82, 2.24) is 0 Å². The second kappa shape index (κ2) is 4.47. The van der Waals surface area contributed by atoms with Crippen LogP contribution in [0.1, 0.15) is 30.4 Å². The number of benzene rings is 1. The normalized spacial score (nSPS) is 12.5. The third-order valence-corrected chi connectivity index (χ3v) is 2.66. The van der Waals surface area contributed by atoms with Gasteiger partial charge in [-0.1, -0.05) is 30.7 Å². The van der Waals surface area contributed by atoms with Gasteiger partial charge in [-0.2, -0.15) is 0 Å². The van der Waals surface area contributed by atoms with Crippen LogP contribution in [0.5, 0.6) is 0 Å². The molecule has 0 aromatic heterocycles. The van der Waals surface area contributed by atoms with Crippen molar-refractivity contribution in [2.45, 2.75) is 26.2 Å². The van der Waals surface area contributed by atoms with Gasteiger partial charge in [0.25, 0.3) is 0 Å². The van der Waals surface area contributed by atoms with Crippen LogP contribution in [-0.4, -0.2) is 11.1 Å². The van der Waals surface area contributed by atoms with E-state index in [0.717, 1.165) is 16.1 Å². The van der Waals surface area contributed by atoms with E-state index >= 15 is 0 Å². The lowest BCUT2D eigenvalue weighted by Gasteiger charge is -2.10. The molecule has 0 bridgehead atoms. The van der Waals surface area contributed by atoms with Crippen molar-refractivity contribution < 1.29 is 9.90 Å². The van der Waals surface area contributed by atoms with Gasteiger partial charge in [0.05, 0.1) is 6.42 Å². The number of aliphatic carboxylic acids is 1. The quantitative estimate of drug-likeness (QED) is 0.835. The third kappa shape index (κ3) is 2.74. The molecular formula is C11H13ClO2. The molecule has 1 rings (SSSR count). The Bertz CT molecular complexity index is 347. The highest BCUT2D eigenvalue weighted by Crippen LogP contribution is 2.23. The molecular weight excluding hydrogens is 200 g/mol. The first-order valence-corrected chi connectivity index (χ1v) is 4.86. The maximum atomic E-state index is 10.5. The van der Waals surface area contributed by atoms with Crippen LogP contribution in [0.25, 0.3) is 0 Å². The Kier molecular flexibility index (Phi) is 3.53. The van der Waals surface area contributed by atoms with E-state index in [9.17, 15) is 4.79 Å². The molecule has 1 unspecified atom stereocenters. The second-order valence-corrected chi connectivity index (χ2v) is 3.91. The first-order valence-electron chi connectivity index (χ1n) is 4.48. The summed E-state index contributed by atoms with van der Waals surface area (Å²) in [6.07, 6.45) is 0.154. The van der Waals surface area contributed by atoms with Crippen LogP contribution in [0.3, 0.4) is 0 Å². The van der Waals surface area contributed by atoms with Gasteiger partial charge in [-0.05, 0) is 30.0 Å². The highest BCUT2D eigenvalue weighted by atomic mass is 35.5. The lowest BCUT2D eigenvalue weighted by molar-refractivity contribution is -0.137. The highest BCUT2D eigenvalue weighted by molar-refractivity contribution is 6.31. The Balaban J connectivity index is 2.85. The summed E-state index contributed by atoms with van der Waals surface area (Å²) in [6.45, 7) is 3.82. The average molecular weight is 213 g/mol. The first-order chi connectivity index (χ1) is 6.50. The molecule has 1 N–H and O–H groups in total. The van der Waals surface area contributed by atoms with Crippen LogP contribution in [0.15, 0.2) is 18.2 Å². The maximum Gasteiger partial charge on any atom is 0.303 e. The molecule has 0 aliphatic carbocycles. The van der Waals surface area contributed by atoms with Gasteiger partial charge in [-0.3, -0.25) is 4.79 Å². The number of hydrogen-bond acceptors (Lipinski definition) is 1. The van der Waals surface area contributed by atoms with Gasteiger partial charge in [0.2, 0.25) is 0 Å². The minimum atomic E-state index is -0.773. The Morgan fingerprint density at radius 2 is 2.21 bits per heavy atom. The number of hydrogen-bond donors (Lipinski definition) is 1. The van der Waals surface area contributed by atoms with Gasteiger partial charge in [0.1, 0.15) is 0 Å². The lowest BCUT2D eigenvalue weighted by atomic mass is 9.96. The summed E-state index contributed by atoms with van der Waals surface area (Å²) >= 11 is 5.87. The second-order valence-electron chi connectivity index (χ2n) is 3.51. The van der Waals surface area contributed by atoms with Crippen molar-refractivity contribution in [3.8, 4) is 0 Å². The zero-order valence-corrected chi connectivity index (χ0v) is 9.01. The molecule has 0 spiro atoms. The lowest BCUT2D eigenvalue weighted by Crippen LogP contribution is -2.02. The number of halogens is 1. The summed E-state index contributed by atoms with van der Waals surface area (Å²) in [7, 11) is 0. The van der Waals surface area contributed by atoms with Gasteiger partial charge in [-0.25, -0.2) is 0 Å². The van der Waals surface area contributed by atoms with Crippen LogP contribution in [0.2, 0.25) is 5.02 Å². The number of rotatable bonds is 3. The summed E-state index contributed by atoms with van der Waals surface area (Å²) in [5, 5.41) is 9.36. The molecule has 0 fully saturated rings. The van der Waals surface area contributed by atoms with E-state index in [2.05, 4.69) is 0 Å².